The summed E-state index contributed by atoms with van der Waals surface area (Å²) in [6.45, 7) is 1.84. The van der Waals surface area contributed by atoms with Crippen molar-refractivity contribution in [2.24, 2.45) is 0 Å². The van der Waals surface area contributed by atoms with E-state index in [4.69, 9.17) is 4.74 Å². The van der Waals surface area contributed by atoms with Crippen molar-refractivity contribution in [1.82, 2.24) is 0 Å². The molecule has 0 fully saturated rings. The fourth-order valence-corrected chi connectivity index (χ4v) is 2.93. The highest BCUT2D eigenvalue weighted by atomic mass is 32.1. The highest BCUT2D eigenvalue weighted by Gasteiger charge is 2.14. The van der Waals surface area contributed by atoms with E-state index in [0.29, 0.717) is 16.1 Å². The molecular weight excluding hydrogens is 334 g/mol. The smallest absolute Gasteiger partial charge is 0.338 e. The summed E-state index contributed by atoms with van der Waals surface area (Å²) in [7, 11) is 0. The van der Waals surface area contributed by atoms with Gasteiger partial charge in [-0.25, -0.2) is 4.79 Å². The lowest BCUT2D eigenvalue weighted by Gasteiger charge is -2.13. The zero-order chi connectivity index (χ0) is 17.6. The molecule has 1 N–H and O–H groups in total. The summed E-state index contributed by atoms with van der Waals surface area (Å²) in [4.78, 5) is 24.9. The van der Waals surface area contributed by atoms with E-state index in [0.717, 1.165) is 5.56 Å². The Morgan fingerprint density at radius 2 is 1.68 bits per heavy atom. The second-order valence-corrected chi connectivity index (χ2v) is 6.41. The molecule has 0 radical (unpaired) electrons. The van der Waals surface area contributed by atoms with Crippen LogP contribution in [-0.4, -0.2) is 11.9 Å². The van der Waals surface area contributed by atoms with Crippen LogP contribution in [0.5, 0.6) is 0 Å². The summed E-state index contributed by atoms with van der Waals surface area (Å²) < 4.78 is 5.48. The normalized spacial score (nSPS) is 11.6. The molecule has 0 saturated heterocycles. The van der Waals surface area contributed by atoms with Gasteiger partial charge in [0.2, 0.25) is 0 Å². The number of rotatable bonds is 5. The van der Waals surface area contributed by atoms with Crippen LogP contribution in [0.25, 0.3) is 0 Å². The molecule has 2 aromatic carbocycles. The maximum Gasteiger partial charge on any atom is 0.338 e. The summed E-state index contributed by atoms with van der Waals surface area (Å²) >= 11 is 1.38. The topological polar surface area (TPSA) is 55.4 Å². The van der Waals surface area contributed by atoms with Gasteiger partial charge in [0, 0.05) is 5.69 Å². The SMILES string of the molecule is C[C@@H](OC(=O)c1ccc(NC(=O)c2cccs2)cc1)c1ccccc1. The van der Waals surface area contributed by atoms with Gasteiger partial charge in [-0.2, -0.15) is 0 Å². The molecule has 1 atom stereocenters. The van der Waals surface area contributed by atoms with Crippen molar-refractivity contribution in [3.05, 3.63) is 88.1 Å². The van der Waals surface area contributed by atoms with Gasteiger partial charge >= 0.3 is 5.97 Å². The van der Waals surface area contributed by atoms with E-state index >= 15 is 0 Å². The Morgan fingerprint density at radius 3 is 2.32 bits per heavy atom. The summed E-state index contributed by atoms with van der Waals surface area (Å²) in [6, 6.07) is 19.8. The van der Waals surface area contributed by atoms with Gasteiger partial charge in [-0.3, -0.25) is 4.79 Å². The van der Waals surface area contributed by atoms with Crippen LogP contribution in [-0.2, 0) is 4.74 Å². The largest absolute Gasteiger partial charge is 0.454 e. The highest BCUT2D eigenvalue weighted by Crippen LogP contribution is 2.19. The predicted octanol–water partition coefficient (Wildman–Crippen LogP) is 4.92. The molecule has 0 saturated carbocycles. The lowest BCUT2D eigenvalue weighted by atomic mass is 10.1. The molecule has 4 nitrogen and oxygen atoms in total. The number of carbonyl (C=O) groups excluding carboxylic acids is 2. The van der Waals surface area contributed by atoms with Crippen LogP contribution >= 0.6 is 11.3 Å². The van der Waals surface area contributed by atoms with E-state index < -0.39 is 5.97 Å². The first-order valence-corrected chi connectivity index (χ1v) is 8.72. The van der Waals surface area contributed by atoms with Crippen molar-refractivity contribution in [2.45, 2.75) is 13.0 Å². The Morgan fingerprint density at radius 1 is 0.960 bits per heavy atom. The molecule has 0 unspecified atom stereocenters. The molecule has 25 heavy (non-hydrogen) atoms. The van der Waals surface area contributed by atoms with Crippen molar-refractivity contribution in [3.63, 3.8) is 0 Å². The second kappa shape index (κ2) is 7.77. The molecule has 5 heteroatoms. The van der Waals surface area contributed by atoms with Crippen LogP contribution in [0.4, 0.5) is 5.69 Å². The molecule has 0 aliphatic carbocycles. The predicted molar refractivity (Wildman–Crippen MR) is 99.0 cm³/mol. The Kier molecular flexibility index (Phi) is 5.26. The monoisotopic (exact) mass is 351 g/mol. The molecule has 3 rings (SSSR count). The van der Waals surface area contributed by atoms with Crippen LogP contribution in [0, 0.1) is 0 Å². The molecule has 126 valence electrons. The fraction of sp³-hybridized carbons (Fsp3) is 0.100. The lowest BCUT2D eigenvalue weighted by molar-refractivity contribution is 0.0338. The third-order valence-electron chi connectivity index (χ3n) is 3.68. The van der Waals surface area contributed by atoms with Gasteiger partial charge in [-0.05, 0) is 48.2 Å². The van der Waals surface area contributed by atoms with E-state index in [1.807, 2.05) is 48.7 Å². The van der Waals surface area contributed by atoms with Crippen molar-refractivity contribution in [3.8, 4) is 0 Å². The highest BCUT2D eigenvalue weighted by molar-refractivity contribution is 7.12. The molecule has 1 heterocycles. The van der Waals surface area contributed by atoms with Crippen molar-refractivity contribution in [2.75, 3.05) is 5.32 Å². The van der Waals surface area contributed by atoms with Crippen molar-refractivity contribution < 1.29 is 14.3 Å². The van der Waals surface area contributed by atoms with E-state index in [1.54, 1.807) is 30.3 Å². The maximum atomic E-state index is 12.2. The van der Waals surface area contributed by atoms with E-state index in [9.17, 15) is 9.59 Å². The third-order valence-corrected chi connectivity index (χ3v) is 4.54. The van der Waals surface area contributed by atoms with Gasteiger partial charge in [-0.15, -0.1) is 11.3 Å². The fourth-order valence-electron chi connectivity index (χ4n) is 2.31. The average molecular weight is 351 g/mol. The molecule has 1 aromatic heterocycles. The van der Waals surface area contributed by atoms with Gasteiger partial charge in [0.15, 0.2) is 0 Å². The number of benzene rings is 2. The number of hydrogen-bond acceptors (Lipinski definition) is 4. The van der Waals surface area contributed by atoms with Gasteiger partial charge in [0.25, 0.3) is 5.91 Å². The summed E-state index contributed by atoms with van der Waals surface area (Å²) in [5.74, 6) is -0.560. The number of amides is 1. The Hall–Kier alpha value is -2.92. The Labute approximate surface area is 150 Å². The van der Waals surface area contributed by atoms with Gasteiger partial charge in [0.1, 0.15) is 6.10 Å². The lowest BCUT2D eigenvalue weighted by Crippen LogP contribution is -2.11. The minimum Gasteiger partial charge on any atom is -0.454 e. The minimum atomic E-state index is -0.396. The molecule has 3 aromatic rings. The first kappa shape index (κ1) is 16.9. The average Bonchev–Trinajstić information content (AvgIpc) is 3.18. The van der Waals surface area contributed by atoms with Crippen molar-refractivity contribution in [1.29, 1.82) is 0 Å². The van der Waals surface area contributed by atoms with Crippen LogP contribution in [0.1, 0.15) is 38.6 Å². The van der Waals surface area contributed by atoms with Crippen LogP contribution in [0.2, 0.25) is 0 Å². The quantitative estimate of drug-likeness (QED) is 0.664. The summed E-state index contributed by atoms with van der Waals surface area (Å²) in [5, 5.41) is 4.65. The number of esters is 1. The zero-order valence-electron chi connectivity index (χ0n) is 13.6. The van der Waals surface area contributed by atoms with Gasteiger partial charge in [-0.1, -0.05) is 36.4 Å². The third kappa shape index (κ3) is 4.33. The number of hydrogen-bond donors (Lipinski definition) is 1. The molecule has 0 bridgehead atoms. The molecule has 0 spiro atoms. The van der Waals surface area contributed by atoms with Gasteiger partial charge < -0.3 is 10.1 Å². The first-order chi connectivity index (χ1) is 12.1. The summed E-state index contributed by atoms with van der Waals surface area (Å²) in [6.07, 6.45) is -0.327. The number of carbonyl (C=O) groups is 2. The second-order valence-electron chi connectivity index (χ2n) is 5.47. The van der Waals surface area contributed by atoms with Crippen LogP contribution in [0.3, 0.4) is 0 Å². The first-order valence-electron chi connectivity index (χ1n) is 7.84. The van der Waals surface area contributed by atoms with Gasteiger partial charge in [0.05, 0.1) is 10.4 Å². The van der Waals surface area contributed by atoms with E-state index in [1.165, 1.54) is 11.3 Å². The van der Waals surface area contributed by atoms with Crippen LogP contribution in [0.15, 0.2) is 72.1 Å². The minimum absolute atomic E-state index is 0.164. The Balaban J connectivity index is 1.61. The summed E-state index contributed by atoms with van der Waals surface area (Å²) in [5.41, 5.74) is 2.01. The van der Waals surface area contributed by atoms with Crippen LogP contribution < -0.4 is 5.32 Å². The number of anilines is 1. The van der Waals surface area contributed by atoms with Crippen molar-refractivity contribution >= 4 is 28.9 Å². The zero-order valence-corrected chi connectivity index (χ0v) is 14.5. The van der Waals surface area contributed by atoms with E-state index in [2.05, 4.69) is 5.32 Å². The number of ether oxygens (including phenoxy) is 1. The maximum absolute atomic E-state index is 12.2. The molecule has 1 amide bonds. The molecular formula is C20H17NO3S. The standard InChI is InChI=1S/C20H17NO3S/c1-14(15-6-3-2-4-7-15)24-20(23)16-9-11-17(12-10-16)21-19(22)18-8-5-13-25-18/h2-14H,1H3,(H,21,22)/t14-/m1/s1. The number of nitrogens with one attached hydrogen (secondary N) is 1. The Bertz CT molecular complexity index is 842. The molecule has 0 aliphatic rings. The number of thiophene rings is 1. The van der Waals surface area contributed by atoms with E-state index in [-0.39, 0.29) is 12.0 Å². The molecule has 0 aliphatic heterocycles.